The number of likely N-dealkylation sites (N-methyl/N-ethyl adjacent to an activating group) is 1. The van der Waals surface area contributed by atoms with Crippen LogP contribution in [0.15, 0.2) is 64.4 Å². The average molecular weight is 557 g/mol. The Labute approximate surface area is 238 Å². The number of carbonyl (C=O) groups is 1. The molecule has 2 fully saturated rings. The molecule has 5 rings (SSSR count). The number of pyridine rings is 1. The standard InChI is InChI=1S/C31H33FN6O3/c1-20(31(39)38-12-9-24(18-38)36(2)3)16-35-27(19-40-4)29-14-26-30(41-29)25(7-10-34-26)21-5-6-28(22(13-21)15-33)37-11-8-23(32)17-37/h5-7,10,13-14,16,19,23-24H,1,8-9,11-12,17-18H2,2-4H3/b27-19+,35-16-/t23-,24+/m0/s1. The summed E-state index contributed by atoms with van der Waals surface area (Å²) in [4.78, 5) is 27.7. The highest BCUT2D eigenvalue weighted by Gasteiger charge is 2.28. The maximum atomic E-state index is 13.8. The number of hydrogen-bond donors (Lipinski definition) is 0. The van der Waals surface area contributed by atoms with Crippen LogP contribution in [0.4, 0.5) is 10.1 Å². The van der Waals surface area contributed by atoms with Crippen LogP contribution in [0.2, 0.25) is 0 Å². The van der Waals surface area contributed by atoms with E-state index in [9.17, 15) is 14.4 Å². The van der Waals surface area contributed by atoms with Crippen LogP contribution in [-0.2, 0) is 9.53 Å². The molecule has 0 N–H and O–H groups in total. The van der Waals surface area contributed by atoms with Gasteiger partial charge < -0.3 is 23.9 Å². The number of nitrogens with zero attached hydrogens (tertiary/aromatic N) is 6. The molecule has 0 bridgehead atoms. The van der Waals surface area contributed by atoms with Crippen molar-refractivity contribution < 1.29 is 18.3 Å². The summed E-state index contributed by atoms with van der Waals surface area (Å²) in [5.41, 5.74) is 4.46. The van der Waals surface area contributed by atoms with Crippen LogP contribution >= 0.6 is 0 Å². The largest absolute Gasteiger partial charge is 0.502 e. The van der Waals surface area contributed by atoms with Crippen LogP contribution in [0.25, 0.3) is 27.9 Å². The quantitative estimate of drug-likeness (QED) is 0.226. The lowest BCUT2D eigenvalue weighted by Gasteiger charge is -2.20. The maximum absolute atomic E-state index is 13.8. The normalized spacial score (nSPS) is 19.5. The minimum Gasteiger partial charge on any atom is -0.502 e. The average Bonchev–Trinajstić information content (AvgIpc) is 3.74. The first-order valence-electron chi connectivity index (χ1n) is 13.5. The van der Waals surface area contributed by atoms with Gasteiger partial charge in [-0.2, -0.15) is 5.26 Å². The number of hydrogen-bond acceptors (Lipinski definition) is 8. The van der Waals surface area contributed by atoms with Crippen LogP contribution in [-0.4, -0.2) is 86.5 Å². The van der Waals surface area contributed by atoms with Gasteiger partial charge in [0.2, 0.25) is 0 Å². The molecule has 0 saturated carbocycles. The van der Waals surface area contributed by atoms with Gasteiger partial charge in [-0.15, -0.1) is 0 Å². The summed E-state index contributed by atoms with van der Waals surface area (Å²) in [6, 6.07) is 11.7. The van der Waals surface area contributed by atoms with Crippen molar-refractivity contribution in [2.75, 3.05) is 52.3 Å². The number of rotatable bonds is 8. The second-order valence-corrected chi connectivity index (χ2v) is 10.5. The number of halogens is 1. The molecule has 1 aromatic carbocycles. The molecule has 2 aliphatic heterocycles. The molecule has 10 heteroatoms. The molecule has 41 heavy (non-hydrogen) atoms. The molecule has 0 radical (unpaired) electrons. The smallest absolute Gasteiger partial charge is 0.254 e. The van der Waals surface area contributed by atoms with Gasteiger partial charge in [-0.3, -0.25) is 9.78 Å². The molecule has 0 spiro atoms. The molecule has 1 amide bonds. The third-order valence-corrected chi connectivity index (χ3v) is 7.61. The van der Waals surface area contributed by atoms with E-state index in [2.05, 4.69) is 27.5 Å². The van der Waals surface area contributed by atoms with Crippen LogP contribution in [0.1, 0.15) is 24.2 Å². The third kappa shape index (κ3) is 5.86. The lowest BCUT2D eigenvalue weighted by molar-refractivity contribution is -0.125. The van der Waals surface area contributed by atoms with Gasteiger partial charge in [-0.25, -0.2) is 9.38 Å². The number of aliphatic imine (C=N–C) groups is 1. The molecular weight excluding hydrogens is 523 g/mol. The second-order valence-electron chi connectivity index (χ2n) is 10.5. The van der Waals surface area contributed by atoms with Crippen molar-refractivity contribution >= 4 is 34.6 Å². The van der Waals surface area contributed by atoms with E-state index in [0.717, 1.165) is 23.2 Å². The number of likely N-dealkylation sites (tertiary alicyclic amines) is 1. The maximum Gasteiger partial charge on any atom is 0.254 e. The van der Waals surface area contributed by atoms with Gasteiger partial charge in [0.05, 0.1) is 23.9 Å². The highest BCUT2D eigenvalue weighted by atomic mass is 19.1. The minimum absolute atomic E-state index is 0.156. The fourth-order valence-electron chi connectivity index (χ4n) is 5.31. The van der Waals surface area contributed by atoms with Crippen molar-refractivity contribution in [1.29, 1.82) is 5.26 Å². The topological polar surface area (TPSA) is 98.2 Å². The Morgan fingerprint density at radius 1 is 1.27 bits per heavy atom. The first-order chi connectivity index (χ1) is 19.8. The fraction of sp³-hybridized carbons (Fsp3) is 0.355. The van der Waals surface area contributed by atoms with Crippen molar-refractivity contribution in [2.24, 2.45) is 4.99 Å². The molecule has 9 nitrogen and oxygen atoms in total. The summed E-state index contributed by atoms with van der Waals surface area (Å²) >= 11 is 0. The predicted molar refractivity (Wildman–Crippen MR) is 157 cm³/mol. The Morgan fingerprint density at radius 3 is 2.78 bits per heavy atom. The number of benzene rings is 1. The molecule has 4 heterocycles. The van der Waals surface area contributed by atoms with E-state index < -0.39 is 6.17 Å². The van der Waals surface area contributed by atoms with Gasteiger partial charge in [0.25, 0.3) is 5.91 Å². The van der Waals surface area contributed by atoms with Gasteiger partial charge in [-0.1, -0.05) is 12.6 Å². The van der Waals surface area contributed by atoms with Crippen molar-refractivity contribution in [1.82, 2.24) is 14.8 Å². The van der Waals surface area contributed by atoms with E-state index in [4.69, 9.17) is 9.15 Å². The van der Waals surface area contributed by atoms with Gasteiger partial charge in [-0.05, 0) is 50.7 Å². The van der Waals surface area contributed by atoms with Crippen molar-refractivity contribution in [3.63, 3.8) is 0 Å². The number of alkyl halides is 1. The van der Waals surface area contributed by atoms with Crippen molar-refractivity contribution in [2.45, 2.75) is 25.1 Å². The number of fused-ring (bicyclic) bond motifs is 1. The van der Waals surface area contributed by atoms with Crippen molar-refractivity contribution in [3.05, 3.63) is 66.3 Å². The van der Waals surface area contributed by atoms with Gasteiger partial charge in [0, 0.05) is 56.3 Å². The number of nitriles is 1. The van der Waals surface area contributed by atoms with E-state index in [1.165, 1.54) is 19.6 Å². The van der Waals surface area contributed by atoms with Crippen molar-refractivity contribution in [3.8, 4) is 17.2 Å². The highest BCUT2D eigenvalue weighted by Crippen LogP contribution is 2.35. The number of anilines is 1. The van der Waals surface area contributed by atoms with E-state index in [-0.39, 0.29) is 18.0 Å². The minimum atomic E-state index is -0.884. The number of carbonyl (C=O) groups excluding carboxylic acids is 1. The molecule has 2 atom stereocenters. The van der Waals surface area contributed by atoms with Gasteiger partial charge >= 0.3 is 0 Å². The van der Waals surface area contributed by atoms with Gasteiger partial charge in [0.15, 0.2) is 11.3 Å². The molecular formula is C31H33FN6O3. The number of furan rings is 1. The van der Waals surface area contributed by atoms with E-state index in [1.54, 1.807) is 23.2 Å². The highest BCUT2D eigenvalue weighted by molar-refractivity contribution is 6.12. The predicted octanol–water partition coefficient (Wildman–Crippen LogP) is 4.65. The SMILES string of the molecule is C=C(/C=N\C(=C\OC)c1cc2nccc(-c3ccc(N4CC[C@H](F)C4)c(C#N)c3)c2o1)C(=O)N1CC[C@@H](N(C)C)C1. The molecule has 2 saturated heterocycles. The fourth-order valence-corrected chi connectivity index (χ4v) is 5.31. The third-order valence-electron chi connectivity index (χ3n) is 7.61. The zero-order valence-corrected chi connectivity index (χ0v) is 23.5. The van der Waals surface area contributed by atoms with E-state index in [0.29, 0.717) is 60.2 Å². The second kappa shape index (κ2) is 11.9. The van der Waals surface area contributed by atoms with Crippen LogP contribution in [0, 0.1) is 11.3 Å². The molecule has 2 aliphatic rings. The molecule has 0 unspecified atom stereocenters. The van der Waals surface area contributed by atoms with Crippen LogP contribution in [0.5, 0.6) is 0 Å². The summed E-state index contributed by atoms with van der Waals surface area (Å²) < 4.78 is 25.3. The summed E-state index contributed by atoms with van der Waals surface area (Å²) in [5, 5.41) is 9.83. The monoisotopic (exact) mass is 556 g/mol. The first-order valence-corrected chi connectivity index (χ1v) is 13.5. The lowest BCUT2D eigenvalue weighted by atomic mass is 10.0. The van der Waals surface area contributed by atoms with Gasteiger partial charge in [0.1, 0.15) is 29.7 Å². The number of ether oxygens (including phenoxy) is 1. The number of methoxy groups -OCH3 is 1. The Bertz CT molecular complexity index is 1570. The molecule has 3 aromatic rings. The Morgan fingerprint density at radius 2 is 2.10 bits per heavy atom. The zero-order chi connectivity index (χ0) is 29.1. The van der Waals surface area contributed by atoms with Crippen LogP contribution in [0.3, 0.4) is 0 Å². The Kier molecular flexibility index (Phi) is 8.17. The molecule has 0 aliphatic carbocycles. The van der Waals surface area contributed by atoms with Crippen LogP contribution < -0.4 is 4.90 Å². The van der Waals surface area contributed by atoms with E-state index in [1.807, 2.05) is 37.2 Å². The number of amides is 1. The zero-order valence-electron chi connectivity index (χ0n) is 23.5. The first kappa shape index (κ1) is 28.1. The summed E-state index contributed by atoms with van der Waals surface area (Å²) in [6.07, 6.45) is 5.03. The Hall–Kier alpha value is -4.49. The van der Waals surface area contributed by atoms with E-state index >= 15 is 0 Å². The Balaban J connectivity index is 1.40. The molecule has 2 aromatic heterocycles. The number of aromatic nitrogens is 1. The summed E-state index contributed by atoms with van der Waals surface area (Å²) in [6.45, 7) is 6.13. The summed E-state index contributed by atoms with van der Waals surface area (Å²) in [5.74, 6) is 0.242. The lowest BCUT2D eigenvalue weighted by Crippen LogP contribution is -2.35. The summed E-state index contributed by atoms with van der Waals surface area (Å²) in [7, 11) is 5.53. The molecule has 212 valence electrons.